The van der Waals surface area contributed by atoms with Crippen LogP contribution in [0.2, 0.25) is 0 Å². The highest BCUT2D eigenvalue weighted by Crippen LogP contribution is 2.24. The molecule has 0 bridgehead atoms. The van der Waals surface area contributed by atoms with Crippen LogP contribution >= 0.6 is 11.3 Å². The zero-order chi connectivity index (χ0) is 8.97. The van der Waals surface area contributed by atoms with E-state index < -0.39 is 6.10 Å². The van der Waals surface area contributed by atoms with Crippen molar-refractivity contribution >= 4 is 11.3 Å². The van der Waals surface area contributed by atoms with Gasteiger partial charge in [0.2, 0.25) is 0 Å². The van der Waals surface area contributed by atoms with Crippen LogP contribution in [-0.4, -0.2) is 16.6 Å². The Labute approximate surface area is 76.3 Å². The lowest BCUT2D eigenvalue weighted by molar-refractivity contribution is 0.110. The summed E-state index contributed by atoms with van der Waals surface area (Å²) in [7, 11) is 0. The van der Waals surface area contributed by atoms with Crippen molar-refractivity contribution in [2.24, 2.45) is 11.7 Å². The summed E-state index contributed by atoms with van der Waals surface area (Å²) >= 11 is 1.47. The van der Waals surface area contributed by atoms with Gasteiger partial charge in [-0.15, -0.1) is 11.3 Å². The van der Waals surface area contributed by atoms with Gasteiger partial charge >= 0.3 is 0 Å². The summed E-state index contributed by atoms with van der Waals surface area (Å²) in [6.45, 7) is 2.53. The third-order valence-electron chi connectivity index (χ3n) is 1.98. The van der Waals surface area contributed by atoms with E-state index in [9.17, 15) is 5.11 Å². The van der Waals surface area contributed by atoms with Gasteiger partial charge in [-0.1, -0.05) is 6.92 Å². The number of rotatable bonds is 4. The minimum atomic E-state index is -0.486. The Morgan fingerprint density at radius 2 is 2.50 bits per heavy atom. The average Bonchev–Trinajstić information content (AvgIpc) is 2.58. The van der Waals surface area contributed by atoms with Crippen LogP contribution in [0.4, 0.5) is 0 Å². The van der Waals surface area contributed by atoms with Crippen LogP contribution in [-0.2, 0) is 0 Å². The van der Waals surface area contributed by atoms with Crippen molar-refractivity contribution < 1.29 is 5.11 Å². The molecule has 0 aliphatic rings. The van der Waals surface area contributed by atoms with Gasteiger partial charge in [0.15, 0.2) is 0 Å². The molecular weight excluding hydrogens is 172 g/mol. The Morgan fingerprint density at radius 3 is 2.92 bits per heavy atom. The maximum atomic E-state index is 9.74. The average molecular weight is 186 g/mol. The third kappa shape index (κ3) is 2.03. The lowest BCUT2D eigenvalue weighted by Crippen LogP contribution is -2.21. The number of hydrogen-bond donors (Lipinski definition) is 2. The molecule has 0 saturated heterocycles. The van der Waals surface area contributed by atoms with Crippen molar-refractivity contribution in [3.63, 3.8) is 0 Å². The largest absolute Gasteiger partial charge is 0.386 e. The minimum absolute atomic E-state index is 0.135. The molecule has 0 radical (unpaired) electrons. The monoisotopic (exact) mass is 186 g/mol. The van der Waals surface area contributed by atoms with Gasteiger partial charge in [-0.25, -0.2) is 4.98 Å². The first kappa shape index (κ1) is 9.64. The highest BCUT2D eigenvalue weighted by Gasteiger charge is 2.19. The number of aliphatic hydroxyl groups excluding tert-OH is 1. The van der Waals surface area contributed by atoms with E-state index in [1.807, 2.05) is 12.3 Å². The van der Waals surface area contributed by atoms with E-state index in [0.29, 0.717) is 6.54 Å². The Balaban J connectivity index is 2.63. The zero-order valence-electron chi connectivity index (χ0n) is 7.10. The maximum absolute atomic E-state index is 9.74. The van der Waals surface area contributed by atoms with Gasteiger partial charge in [0.05, 0.1) is 0 Å². The van der Waals surface area contributed by atoms with Crippen LogP contribution in [0.15, 0.2) is 11.6 Å². The van der Waals surface area contributed by atoms with Crippen LogP contribution in [0.1, 0.15) is 24.5 Å². The first-order valence-corrected chi connectivity index (χ1v) is 4.95. The molecule has 1 aromatic rings. The first-order chi connectivity index (χ1) is 5.79. The predicted octanol–water partition coefficient (Wildman–Crippen LogP) is 1.16. The van der Waals surface area contributed by atoms with Crippen molar-refractivity contribution in [1.29, 1.82) is 0 Å². The van der Waals surface area contributed by atoms with E-state index in [-0.39, 0.29) is 5.92 Å². The SMILES string of the molecule is CCC(CN)C(O)c1nccs1. The fraction of sp³-hybridized carbons (Fsp3) is 0.625. The molecule has 2 unspecified atom stereocenters. The molecule has 0 aliphatic carbocycles. The lowest BCUT2D eigenvalue weighted by atomic mass is 10.0. The third-order valence-corrected chi connectivity index (χ3v) is 2.82. The van der Waals surface area contributed by atoms with Gasteiger partial charge in [0, 0.05) is 17.5 Å². The Hall–Kier alpha value is -0.450. The van der Waals surface area contributed by atoms with E-state index in [1.165, 1.54) is 11.3 Å². The van der Waals surface area contributed by atoms with Crippen molar-refractivity contribution in [1.82, 2.24) is 4.98 Å². The number of nitrogens with zero attached hydrogens (tertiary/aromatic N) is 1. The molecule has 1 heterocycles. The van der Waals surface area contributed by atoms with Crippen LogP contribution in [0.25, 0.3) is 0 Å². The molecule has 2 atom stereocenters. The van der Waals surface area contributed by atoms with Gasteiger partial charge in [-0.2, -0.15) is 0 Å². The van der Waals surface area contributed by atoms with E-state index >= 15 is 0 Å². The topological polar surface area (TPSA) is 59.1 Å². The van der Waals surface area contributed by atoms with Gasteiger partial charge in [0.25, 0.3) is 0 Å². The summed E-state index contributed by atoms with van der Waals surface area (Å²) in [5.74, 6) is 0.135. The highest BCUT2D eigenvalue weighted by molar-refractivity contribution is 7.09. The van der Waals surface area contributed by atoms with E-state index in [1.54, 1.807) is 6.20 Å². The second kappa shape index (κ2) is 4.54. The predicted molar refractivity (Wildman–Crippen MR) is 49.9 cm³/mol. The van der Waals surface area contributed by atoms with Crippen LogP contribution in [0.5, 0.6) is 0 Å². The smallest absolute Gasteiger partial charge is 0.121 e. The zero-order valence-corrected chi connectivity index (χ0v) is 7.92. The molecule has 3 N–H and O–H groups in total. The number of hydrogen-bond acceptors (Lipinski definition) is 4. The molecule has 0 aromatic carbocycles. The molecule has 4 heteroatoms. The number of aromatic nitrogens is 1. The van der Waals surface area contributed by atoms with E-state index in [0.717, 1.165) is 11.4 Å². The molecular formula is C8H14N2OS. The molecule has 12 heavy (non-hydrogen) atoms. The van der Waals surface area contributed by atoms with Crippen molar-refractivity contribution in [2.75, 3.05) is 6.54 Å². The summed E-state index contributed by atoms with van der Waals surface area (Å²) in [4.78, 5) is 4.05. The van der Waals surface area contributed by atoms with Crippen molar-refractivity contribution in [3.8, 4) is 0 Å². The van der Waals surface area contributed by atoms with E-state index in [4.69, 9.17) is 5.73 Å². The first-order valence-electron chi connectivity index (χ1n) is 4.07. The molecule has 3 nitrogen and oxygen atoms in total. The number of aliphatic hydroxyl groups is 1. The molecule has 0 fully saturated rings. The molecule has 0 aliphatic heterocycles. The summed E-state index contributed by atoms with van der Waals surface area (Å²) in [6.07, 6.45) is 2.10. The molecule has 68 valence electrons. The summed E-state index contributed by atoms with van der Waals surface area (Å²) in [6, 6.07) is 0. The number of nitrogens with two attached hydrogens (primary N) is 1. The van der Waals surface area contributed by atoms with Crippen molar-refractivity contribution in [2.45, 2.75) is 19.4 Å². The minimum Gasteiger partial charge on any atom is -0.386 e. The molecule has 1 aromatic heterocycles. The van der Waals surface area contributed by atoms with Gasteiger partial charge < -0.3 is 10.8 Å². The van der Waals surface area contributed by atoms with Crippen LogP contribution in [0, 0.1) is 5.92 Å². The van der Waals surface area contributed by atoms with E-state index in [2.05, 4.69) is 4.98 Å². The fourth-order valence-electron chi connectivity index (χ4n) is 1.10. The van der Waals surface area contributed by atoms with Crippen LogP contribution in [0.3, 0.4) is 0 Å². The quantitative estimate of drug-likeness (QED) is 0.742. The highest BCUT2D eigenvalue weighted by atomic mass is 32.1. The molecule has 1 rings (SSSR count). The number of thiazole rings is 1. The second-order valence-corrected chi connectivity index (χ2v) is 3.65. The molecule has 0 spiro atoms. The summed E-state index contributed by atoms with van der Waals surface area (Å²) < 4.78 is 0. The summed E-state index contributed by atoms with van der Waals surface area (Å²) in [5.41, 5.74) is 5.51. The van der Waals surface area contributed by atoms with Crippen LogP contribution < -0.4 is 5.73 Å². The Bertz CT molecular complexity index is 209. The van der Waals surface area contributed by atoms with Gasteiger partial charge in [-0.3, -0.25) is 0 Å². The summed E-state index contributed by atoms with van der Waals surface area (Å²) in [5, 5.41) is 12.4. The fourth-order valence-corrected chi connectivity index (χ4v) is 1.82. The Kier molecular flexibility index (Phi) is 3.65. The maximum Gasteiger partial charge on any atom is 0.121 e. The molecule has 0 saturated carbocycles. The standard InChI is InChI=1S/C8H14N2OS/c1-2-6(5-9)7(11)8-10-3-4-12-8/h3-4,6-7,11H,2,5,9H2,1H3. The lowest BCUT2D eigenvalue weighted by Gasteiger charge is -2.17. The van der Waals surface area contributed by atoms with Gasteiger partial charge in [0.1, 0.15) is 11.1 Å². The Morgan fingerprint density at radius 1 is 1.75 bits per heavy atom. The second-order valence-electron chi connectivity index (χ2n) is 2.72. The normalized spacial score (nSPS) is 15.9. The van der Waals surface area contributed by atoms with Gasteiger partial charge in [-0.05, 0) is 13.0 Å². The van der Waals surface area contributed by atoms with Crippen molar-refractivity contribution in [3.05, 3.63) is 16.6 Å². The molecule has 0 amide bonds.